The van der Waals surface area contributed by atoms with Gasteiger partial charge in [-0.25, -0.2) is 26.4 Å². The second-order valence-corrected chi connectivity index (χ2v) is 20.5. The Morgan fingerprint density at radius 3 is 1.25 bits per heavy atom. The third-order valence-corrected chi connectivity index (χ3v) is 14.6. The predicted octanol–water partition coefficient (Wildman–Crippen LogP) is 4.04. The zero-order valence-electron chi connectivity index (χ0n) is 41.2. The molecule has 1 amide bonds. The van der Waals surface area contributed by atoms with Crippen LogP contribution in [0.5, 0.6) is 0 Å². The van der Waals surface area contributed by atoms with Crippen LogP contribution in [0.4, 0.5) is 11.4 Å². The van der Waals surface area contributed by atoms with Crippen LogP contribution in [0.1, 0.15) is 77.8 Å². The normalized spacial score (nSPS) is 13.9. The third kappa shape index (κ3) is 18.9. The molecule has 2 aliphatic rings. The number of carbonyl (C=O) groups is 5. The first-order valence-electron chi connectivity index (χ1n) is 22.6. The van der Waals surface area contributed by atoms with Crippen molar-refractivity contribution >= 4 is 73.6 Å². The van der Waals surface area contributed by atoms with Crippen LogP contribution >= 0.6 is 12.4 Å². The van der Waals surface area contributed by atoms with E-state index in [1.165, 1.54) is 49.1 Å². The minimum Gasteiger partial charge on any atom is -0.465 e. The van der Waals surface area contributed by atoms with Crippen LogP contribution in [-0.4, -0.2) is 149 Å². The van der Waals surface area contributed by atoms with Gasteiger partial charge in [0.1, 0.15) is 0 Å². The quantitative estimate of drug-likeness (QED) is 0.0947. The molecule has 1 N–H and O–H groups in total. The first kappa shape index (κ1) is 59.3. The Hall–Kier alpha value is -6.04. The van der Waals surface area contributed by atoms with Gasteiger partial charge in [0.15, 0.2) is 0 Å². The van der Waals surface area contributed by atoms with Gasteiger partial charge in [0.2, 0.25) is 26.0 Å². The summed E-state index contributed by atoms with van der Waals surface area (Å²) in [6, 6.07) is 21.5. The van der Waals surface area contributed by atoms with Gasteiger partial charge < -0.3 is 24.4 Å². The Labute approximate surface area is 423 Å². The van der Waals surface area contributed by atoms with Gasteiger partial charge in [0.25, 0.3) is 0 Å². The highest BCUT2D eigenvalue weighted by Gasteiger charge is 2.24. The van der Waals surface area contributed by atoms with Crippen LogP contribution in [0, 0.1) is 0 Å². The smallest absolute Gasteiger partial charge is 0.339 e. The van der Waals surface area contributed by atoms with E-state index >= 15 is 0 Å². The molecule has 71 heavy (non-hydrogen) atoms. The van der Waals surface area contributed by atoms with Crippen LogP contribution in [0.25, 0.3) is 0 Å². The number of hydrogen-bond donors (Lipinski definition) is 1. The predicted molar refractivity (Wildman–Crippen MR) is 271 cm³/mol. The number of rotatable bonds is 16. The molecular formula is C48H65ClN8O12S2. The highest BCUT2D eigenvalue weighted by molar-refractivity contribution is 7.93. The van der Waals surface area contributed by atoms with E-state index in [9.17, 15) is 40.8 Å². The lowest BCUT2D eigenvalue weighted by Gasteiger charge is -2.34. The van der Waals surface area contributed by atoms with Gasteiger partial charge in [-0.3, -0.25) is 42.8 Å². The lowest BCUT2D eigenvalue weighted by atomic mass is 10.1. The number of ether oxygens (including phenoxy) is 3. The molecule has 20 nitrogen and oxygen atoms in total. The molecule has 23 heteroatoms. The number of methoxy groups -OCH3 is 2. The standard InChI is InChI=1S/C23H30N4O5S.C21H28N4O4S.C4H6O3.ClH/c1-4-33(30,31)27(17-21-8-7-20(15-24-21)23(29)32-3)22-9-5-19(6-10-22)16-25-11-13-26(14-12-25)18(2)28;1-3-30(27,28)25(16-19-7-6-18(14-23-19)21(26)29-2)20-8-4-17(5-9-20)15-24-12-10-22-11-13-24;1-3(5)7-4(2)6;/h5-10,15H,4,11-14,16-17H2,1-3H3;4-9,14,22H,3,10-13,15-16H2,1-2H3;1-2H3;1H. The number of benzene rings is 2. The summed E-state index contributed by atoms with van der Waals surface area (Å²) in [6.45, 7) is 16.0. The largest absolute Gasteiger partial charge is 0.465 e. The number of carbonyl (C=O) groups excluding carboxylic acids is 5. The van der Waals surface area contributed by atoms with E-state index in [0.717, 1.165) is 76.6 Å². The number of halogens is 1. The first-order valence-corrected chi connectivity index (χ1v) is 25.9. The van der Waals surface area contributed by atoms with Gasteiger partial charge in [-0.05, 0) is 73.5 Å². The molecular weight excluding hydrogens is 980 g/mol. The number of hydrogen-bond acceptors (Lipinski definition) is 17. The number of amides is 1. The molecule has 2 aliphatic heterocycles. The fraction of sp³-hybridized carbons (Fsp3) is 0.438. The van der Waals surface area contributed by atoms with Crippen LogP contribution in [0.2, 0.25) is 0 Å². The first-order chi connectivity index (χ1) is 33.3. The summed E-state index contributed by atoms with van der Waals surface area (Å²) in [6.07, 6.45) is 2.78. The summed E-state index contributed by atoms with van der Waals surface area (Å²) in [5.41, 5.74) is 5.07. The van der Waals surface area contributed by atoms with E-state index < -0.39 is 43.9 Å². The van der Waals surface area contributed by atoms with Gasteiger partial charge >= 0.3 is 23.9 Å². The third-order valence-electron chi connectivity index (χ3n) is 11.1. The van der Waals surface area contributed by atoms with Crippen molar-refractivity contribution < 1.29 is 55.0 Å². The minimum absolute atomic E-state index is 0. The highest BCUT2D eigenvalue weighted by Crippen LogP contribution is 2.24. The second-order valence-electron chi connectivity index (χ2n) is 16.1. The van der Waals surface area contributed by atoms with Crippen molar-refractivity contribution in [2.75, 3.05) is 86.7 Å². The van der Waals surface area contributed by atoms with E-state index in [1.807, 2.05) is 41.3 Å². The molecule has 2 aromatic carbocycles. The van der Waals surface area contributed by atoms with Crippen molar-refractivity contribution in [1.82, 2.24) is 30.0 Å². The maximum Gasteiger partial charge on any atom is 0.339 e. The molecule has 0 atom stereocenters. The zero-order valence-corrected chi connectivity index (χ0v) is 43.7. The summed E-state index contributed by atoms with van der Waals surface area (Å²) in [5.74, 6) is -2.06. The van der Waals surface area contributed by atoms with Gasteiger partial charge in [-0.2, -0.15) is 0 Å². The number of anilines is 2. The number of esters is 4. The van der Waals surface area contributed by atoms with E-state index in [0.29, 0.717) is 33.9 Å². The van der Waals surface area contributed by atoms with Crippen LogP contribution in [0.3, 0.4) is 0 Å². The van der Waals surface area contributed by atoms with Gasteiger partial charge in [0, 0.05) is 98.6 Å². The van der Waals surface area contributed by atoms with E-state index in [-0.39, 0.29) is 42.9 Å². The Kier molecular flexibility index (Phi) is 24.0. The zero-order chi connectivity index (χ0) is 51.4. The number of sulfonamides is 2. The molecule has 0 bridgehead atoms. The van der Waals surface area contributed by atoms with Crippen molar-refractivity contribution in [3.8, 4) is 0 Å². The molecule has 2 aromatic heterocycles. The molecule has 388 valence electrons. The molecule has 4 heterocycles. The molecule has 0 spiro atoms. The molecule has 0 radical (unpaired) electrons. The Balaban J connectivity index is 0.000000328. The fourth-order valence-electron chi connectivity index (χ4n) is 7.16. The summed E-state index contributed by atoms with van der Waals surface area (Å²) >= 11 is 0. The van der Waals surface area contributed by atoms with Crippen molar-refractivity contribution in [3.05, 3.63) is 119 Å². The maximum atomic E-state index is 12.8. The maximum absolute atomic E-state index is 12.8. The van der Waals surface area contributed by atoms with Gasteiger partial charge in [-0.1, -0.05) is 24.3 Å². The summed E-state index contributed by atoms with van der Waals surface area (Å²) in [5, 5.41) is 3.34. The molecule has 0 unspecified atom stereocenters. The van der Waals surface area contributed by atoms with Crippen molar-refractivity contribution in [3.63, 3.8) is 0 Å². The SMILES string of the molecule is CC(=O)OC(C)=O.CCS(=O)(=O)N(Cc1ccc(C(=O)OC)cn1)c1ccc(CN2CCN(C(C)=O)CC2)cc1.CCS(=O)(=O)N(Cc1ccc(C(=O)OC)cn1)c1ccc(CN2CCNCC2)cc1.Cl. The monoisotopic (exact) mass is 1040 g/mol. The van der Waals surface area contributed by atoms with Crippen molar-refractivity contribution in [2.45, 2.75) is 60.8 Å². The lowest BCUT2D eigenvalue weighted by molar-refractivity contribution is -0.156. The molecule has 0 aliphatic carbocycles. The average Bonchev–Trinajstić information content (AvgIpc) is 3.35. The molecule has 2 fully saturated rings. The van der Waals surface area contributed by atoms with Crippen LogP contribution in [0.15, 0.2) is 85.2 Å². The summed E-state index contributed by atoms with van der Waals surface area (Å²) < 4.78 is 67.1. The molecule has 4 aromatic rings. The Bertz CT molecular complexity index is 2570. The number of pyridine rings is 2. The summed E-state index contributed by atoms with van der Waals surface area (Å²) in [4.78, 5) is 69.3. The van der Waals surface area contributed by atoms with E-state index in [2.05, 4.69) is 39.3 Å². The highest BCUT2D eigenvalue weighted by atomic mass is 35.5. The van der Waals surface area contributed by atoms with Crippen molar-refractivity contribution in [1.29, 1.82) is 0 Å². The number of nitrogens with one attached hydrogen (secondary N) is 1. The van der Waals surface area contributed by atoms with Gasteiger partial charge in [0.05, 0.1) is 72.7 Å². The van der Waals surface area contributed by atoms with E-state index in [4.69, 9.17) is 0 Å². The summed E-state index contributed by atoms with van der Waals surface area (Å²) in [7, 11) is -4.45. The Morgan fingerprint density at radius 2 is 0.958 bits per heavy atom. The van der Waals surface area contributed by atoms with Crippen molar-refractivity contribution in [2.24, 2.45) is 0 Å². The van der Waals surface area contributed by atoms with Crippen LogP contribution < -0.4 is 13.9 Å². The van der Waals surface area contributed by atoms with Gasteiger partial charge in [-0.15, -0.1) is 12.4 Å². The van der Waals surface area contributed by atoms with E-state index in [1.54, 1.807) is 57.2 Å². The molecule has 6 rings (SSSR count). The average molecular weight is 1050 g/mol. The van der Waals surface area contributed by atoms with Crippen LogP contribution in [-0.2, 0) is 74.8 Å². The Morgan fingerprint density at radius 1 is 0.577 bits per heavy atom. The molecule has 0 saturated carbocycles. The number of aromatic nitrogens is 2. The number of piperazine rings is 2. The topological polar surface area (TPSA) is 235 Å². The number of nitrogens with zero attached hydrogens (tertiary/aromatic N) is 7. The molecule has 2 saturated heterocycles. The second kappa shape index (κ2) is 28.7. The minimum atomic E-state index is -3.54. The fourth-order valence-corrected chi connectivity index (χ4v) is 9.33. The lowest BCUT2D eigenvalue weighted by Crippen LogP contribution is -2.47.